The number of nitrogens with one attached hydrogen (secondary N) is 1. The van der Waals surface area contributed by atoms with Gasteiger partial charge in [-0.15, -0.1) is 0 Å². The van der Waals surface area contributed by atoms with Crippen molar-refractivity contribution in [1.82, 2.24) is 5.32 Å². The van der Waals surface area contributed by atoms with Gasteiger partial charge in [0.05, 0.1) is 6.61 Å². The van der Waals surface area contributed by atoms with Gasteiger partial charge in [0, 0.05) is 7.05 Å². The maximum atomic E-state index is 11.2. The molecule has 2 aliphatic heterocycles. The molecule has 0 aromatic heterocycles. The van der Waals surface area contributed by atoms with E-state index in [9.17, 15) is 4.79 Å². The van der Waals surface area contributed by atoms with Gasteiger partial charge in [0.25, 0.3) is 0 Å². The van der Waals surface area contributed by atoms with Gasteiger partial charge < -0.3 is 29.0 Å². The molecule has 20 heavy (non-hydrogen) atoms. The molecule has 2 heterocycles. The summed E-state index contributed by atoms with van der Waals surface area (Å²) in [5.74, 6) is -1.37. The number of hydrogen-bond donors (Lipinski definition) is 1. The second-order valence-corrected chi connectivity index (χ2v) is 5.85. The van der Waals surface area contributed by atoms with Crippen molar-refractivity contribution in [2.75, 3.05) is 20.3 Å². The van der Waals surface area contributed by atoms with Crippen LogP contribution in [0.5, 0.6) is 0 Å². The minimum atomic E-state index is -0.739. The zero-order valence-corrected chi connectivity index (χ0v) is 12.6. The summed E-state index contributed by atoms with van der Waals surface area (Å²) < 4.78 is 28.1. The van der Waals surface area contributed by atoms with Gasteiger partial charge in [0.1, 0.15) is 24.9 Å². The average molecular weight is 289 g/mol. The summed E-state index contributed by atoms with van der Waals surface area (Å²) in [6, 6.07) is 0. The zero-order chi connectivity index (χ0) is 15.0. The first kappa shape index (κ1) is 15.5. The molecule has 0 aromatic rings. The van der Waals surface area contributed by atoms with Crippen LogP contribution in [0.3, 0.4) is 0 Å². The van der Waals surface area contributed by atoms with Crippen LogP contribution in [0, 0.1) is 0 Å². The highest BCUT2D eigenvalue weighted by Crippen LogP contribution is 2.35. The number of carbonyl (C=O) groups excluding carboxylic acids is 1. The van der Waals surface area contributed by atoms with Crippen molar-refractivity contribution in [3.8, 4) is 0 Å². The van der Waals surface area contributed by atoms with Crippen LogP contribution in [0.2, 0.25) is 0 Å². The van der Waals surface area contributed by atoms with Crippen molar-refractivity contribution >= 4 is 6.09 Å². The van der Waals surface area contributed by atoms with E-state index in [-0.39, 0.29) is 24.9 Å². The molecule has 1 amide bonds. The lowest BCUT2D eigenvalue weighted by Crippen LogP contribution is -2.41. The largest absolute Gasteiger partial charge is 0.447 e. The van der Waals surface area contributed by atoms with E-state index >= 15 is 0 Å². The maximum absolute atomic E-state index is 11.2. The SMILES string of the molecule is CNC(=O)OCC1OC(C)(C)OC1C1COC(C)(C)O1. The van der Waals surface area contributed by atoms with Crippen LogP contribution in [-0.2, 0) is 23.7 Å². The first-order chi connectivity index (χ1) is 9.22. The molecule has 3 unspecified atom stereocenters. The van der Waals surface area contributed by atoms with Crippen molar-refractivity contribution in [2.24, 2.45) is 0 Å². The fourth-order valence-electron chi connectivity index (χ4n) is 2.41. The molecule has 3 atom stereocenters. The van der Waals surface area contributed by atoms with Gasteiger partial charge in [-0.1, -0.05) is 0 Å². The molecule has 2 rings (SSSR count). The average Bonchev–Trinajstić information content (AvgIpc) is 2.85. The molecule has 7 heteroatoms. The third-order valence-electron chi connectivity index (χ3n) is 3.20. The van der Waals surface area contributed by atoms with Crippen LogP contribution in [0.4, 0.5) is 4.79 Å². The van der Waals surface area contributed by atoms with Gasteiger partial charge in [-0.05, 0) is 27.7 Å². The van der Waals surface area contributed by atoms with E-state index in [0.29, 0.717) is 6.61 Å². The summed E-state index contributed by atoms with van der Waals surface area (Å²) in [6.45, 7) is 7.87. The van der Waals surface area contributed by atoms with Crippen LogP contribution in [0.1, 0.15) is 27.7 Å². The van der Waals surface area contributed by atoms with Crippen molar-refractivity contribution in [1.29, 1.82) is 0 Å². The van der Waals surface area contributed by atoms with Crippen molar-refractivity contribution in [3.63, 3.8) is 0 Å². The van der Waals surface area contributed by atoms with E-state index < -0.39 is 17.7 Å². The molecule has 1 N–H and O–H groups in total. The van der Waals surface area contributed by atoms with Crippen LogP contribution in [0.15, 0.2) is 0 Å². The van der Waals surface area contributed by atoms with Crippen molar-refractivity contribution in [3.05, 3.63) is 0 Å². The second kappa shape index (κ2) is 5.48. The summed E-state index contributed by atoms with van der Waals surface area (Å²) in [6.07, 6.45) is -1.47. The van der Waals surface area contributed by atoms with E-state index in [1.54, 1.807) is 0 Å². The molecule has 0 aliphatic carbocycles. The Morgan fingerprint density at radius 1 is 1.20 bits per heavy atom. The fourth-order valence-corrected chi connectivity index (χ4v) is 2.41. The van der Waals surface area contributed by atoms with Gasteiger partial charge in [0.2, 0.25) is 0 Å². The third-order valence-corrected chi connectivity index (χ3v) is 3.20. The fraction of sp³-hybridized carbons (Fsp3) is 0.923. The first-order valence-electron chi connectivity index (χ1n) is 6.74. The summed E-state index contributed by atoms with van der Waals surface area (Å²) in [5, 5.41) is 2.39. The van der Waals surface area contributed by atoms with E-state index in [2.05, 4.69) is 5.32 Å². The highest BCUT2D eigenvalue weighted by Gasteiger charge is 2.50. The molecular formula is C13H23NO6. The summed E-state index contributed by atoms with van der Waals surface area (Å²) in [5.41, 5.74) is 0. The van der Waals surface area contributed by atoms with Crippen molar-refractivity contribution in [2.45, 2.75) is 57.6 Å². The van der Waals surface area contributed by atoms with Gasteiger partial charge in [0.15, 0.2) is 11.6 Å². The number of carbonyl (C=O) groups is 1. The third kappa shape index (κ3) is 3.60. The number of alkyl carbamates (subject to hydrolysis) is 1. The molecule has 0 spiro atoms. The van der Waals surface area contributed by atoms with Crippen LogP contribution >= 0.6 is 0 Å². The molecule has 0 bridgehead atoms. The monoisotopic (exact) mass is 289 g/mol. The van der Waals surface area contributed by atoms with E-state index in [0.717, 1.165) is 0 Å². The Kier molecular flexibility index (Phi) is 4.24. The number of ether oxygens (including phenoxy) is 5. The van der Waals surface area contributed by atoms with Gasteiger partial charge >= 0.3 is 6.09 Å². The lowest BCUT2D eigenvalue weighted by atomic mass is 10.1. The molecular weight excluding hydrogens is 266 g/mol. The minimum Gasteiger partial charge on any atom is -0.447 e. The highest BCUT2D eigenvalue weighted by atomic mass is 16.8. The highest BCUT2D eigenvalue weighted by molar-refractivity contribution is 5.66. The Hall–Kier alpha value is -0.890. The molecule has 2 saturated heterocycles. The molecule has 2 aliphatic rings. The molecule has 0 aromatic carbocycles. The Morgan fingerprint density at radius 2 is 1.90 bits per heavy atom. The molecule has 116 valence electrons. The van der Waals surface area contributed by atoms with E-state index in [4.69, 9.17) is 23.7 Å². The van der Waals surface area contributed by atoms with Crippen LogP contribution in [-0.4, -0.2) is 56.2 Å². The predicted molar refractivity (Wildman–Crippen MR) is 69.1 cm³/mol. The summed E-state index contributed by atoms with van der Waals surface area (Å²) >= 11 is 0. The number of amides is 1. The second-order valence-electron chi connectivity index (χ2n) is 5.85. The molecule has 2 fully saturated rings. The Bertz CT molecular complexity index is 370. The minimum absolute atomic E-state index is 0.105. The normalized spacial score (nSPS) is 35.0. The number of rotatable bonds is 3. The Balaban J connectivity index is 1.99. The zero-order valence-electron chi connectivity index (χ0n) is 12.6. The quantitative estimate of drug-likeness (QED) is 0.836. The lowest BCUT2D eigenvalue weighted by Gasteiger charge is -2.23. The smallest absolute Gasteiger partial charge is 0.406 e. The molecule has 0 radical (unpaired) electrons. The van der Waals surface area contributed by atoms with E-state index in [1.807, 2.05) is 27.7 Å². The Labute approximate surface area is 118 Å². The topological polar surface area (TPSA) is 75.3 Å². The first-order valence-corrected chi connectivity index (χ1v) is 6.74. The van der Waals surface area contributed by atoms with Crippen LogP contribution < -0.4 is 5.32 Å². The van der Waals surface area contributed by atoms with E-state index in [1.165, 1.54) is 7.05 Å². The van der Waals surface area contributed by atoms with Crippen molar-refractivity contribution < 1.29 is 28.5 Å². The van der Waals surface area contributed by atoms with Gasteiger partial charge in [-0.2, -0.15) is 0 Å². The lowest BCUT2D eigenvalue weighted by molar-refractivity contribution is -0.175. The summed E-state index contributed by atoms with van der Waals surface area (Å²) in [4.78, 5) is 11.2. The molecule has 0 saturated carbocycles. The van der Waals surface area contributed by atoms with Gasteiger partial charge in [-0.3, -0.25) is 0 Å². The van der Waals surface area contributed by atoms with Gasteiger partial charge in [-0.25, -0.2) is 4.79 Å². The summed E-state index contributed by atoms with van der Waals surface area (Å²) in [7, 11) is 1.51. The van der Waals surface area contributed by atoms with Crippen LogP contribution in [0.25, 0.3) is 0 Å². The standard InChI is InChI=1S/C13H23NO6/c1-12(2)17-7-9(18-12)10-8(6-16-11(15)14-5)19-13(3,4)20-10/h8-10H,6-7H2,1-5H3,(H,14,15). The number of hydrogen-bond acceptors (Lipinski definition) is 6. The predicted octanol–water partition coefficient (Wildman–Crippen LogP) is 1.01. The Morgan fingerprint density at radius 3 is 2.45 bits per heavy atom. The molecule has 7 nitrogen and oxygen atoms in total. The maximum Gasteiger partial charge on any atom is 0.406 e.